The summed E-state index contributed by atoms with van der Waals surface area (Å²) in [6.45, 7) is 7.94. The number of imidazole rings is 1. The number of hydrogen-bond acceptors (Lipinski definition) is 5. The molecular weight excluding hydrogens is 352 g/mol. The summed E-state index contributed by atoms with van der Waals surface area (Å²) < 4.78 is 2.15. The molecule has 1 fully saturated rings. The SMILES string of the molecule is CC(C)c1nccn1CCCNC(=O)c1ccc(NC2CCCN(C)C2)nc1. The number of carbonyl (C=O) groups excluding carboxylic acids is 1. The van der Waals surface area contributed by atoms with Gasteiger partial charge in [-0.3, -0.25) is 4.79 Å². The Balaban J connectivity index is 1.42. The van der Waals surface area contributed by atoms with Gasteiger partial charge in [-0.1, -0.05) is 13.8 Å². The molecule has 7 nitrogen and oxygen atoms in total. The molecule has 0 aromatic carbocycles. The fourth-order valence-corrected chi connectivity index (χ4v) is 3.67. The van der Waals surface area contributed by atoms with Crippen molar-refractivity contribution in [3.8, 4) is 0 Å². The van der Waals surface area contributed by atoms with E-state index in [1.54, 1.807) is 6.20 Å². The first kappa shape index (κ1) is 20.3. The first-order valence-electron chi connectivity index (χ1n) is 10.2. The molecule has 0 radical (unpaired) electrons. The molecule has 1 saturated heterocycles. The van der Waals surface area contributed by atoms with E-state index < -0.39 is 0 Å². The summed E-state index contributed by atoms with van der Waals surface area (Å²) in [4.78, 5) is 23.5. The van der Waals surface area contributed by atoms with E-state index in [2.05, 4.69) is 51.0 Å². The van der Waals surface area contributed by atoms with Crippen LogP contribution in [-0.2, 0) is 6.54 Å². The van der Waals surface area contributed by atoms with Crippen molar-refractivity contribution < 1.29 is 4.79 Å². The van der Waals surface area contributed by atoms with E-state index in [9.17, 15) is 4.79 Å². The molecular formula is C21H32N6O. The molecule has 0 spiro atoms. The molecule has 2 aromatic heterocycles. The number of hydrogen-bond donors (Lipinski definition) is 2. The molecule has 1 atom stereocenters. The van der Waals surface area contributed by atoms with Gasteiger partial charge in [0.1, 0.15) is 11.6 Å². The third-order valence-electron chi connectivity index (χ3n) is 5.13. The monoisotopic (exact) mass is 384 g/mol. The summed E-state index contributed by atoms with van der Waals surface area (Å²) in [7, 11) is 2.14. The molecule has 1 unspecified atom stereocenters. The van der Waals surface area contributed by atoms with Crippen molar-refractivity contribution in [1.29, 1.82) is 0 Å². The molecule has 7 heteroatoms. The topological polar surface area (TPSA) is 75.1 Å². The zero-order chi connectivity index (χ0) is 19.9. The summed E-state index contributed by atoms with van der Waals surface area (Å²) in [5.41, 5.74) is 0.594. The van der Waals surface area contributed by atoms with Crippen LogP contribution in [0, 0.1) is 0 Å². The number of nitrogens with zero attached hydrogens (tertiary/aromatic N) is 4. The Morgan fingerprint density at radius 2 is 2.18 bits per heavy atom. The first-order valence-corrected chi connectivity index (χ1v) is 10.2. The van der Waals surface area contributed by atoms with Gasteiger partial charge in [0, 0.05) is 50.2 Å². The van der Waals surface area contributed by atoms with E-state index >= 15 is 0 Å². The van der Waals surface area contributed by atoms with Crippen molar-refractivity contribution in [2.24, 2.45) is 0 Å². The van der Waals surface area contributed by atoms with Crippen LogP contribution in [0.3, 0.4) is 0 Å². The van der Waals surface area contributed by atoms with E-state index in [4.69, 9.17) is 0 Å². The van der Waals surface area contributed by atoms with Gasteiger partial charge in [-0.25, -0.2) is 9.97 Å². The van der Waals surface area contributed by atoms with Gasteiger partial charge in [-0.05, 0) is 45.0 Å². The Bertz CT molecular complexity index is 755. The molecule has 0 bridgehead atoms. The Morgan fingerprint density at radius 1 is 1.32 bits per heavy atom. The van der Waals surface area contributed by atoms with E-state index in [-0.39, 0.29) is 5.91 Å². The second kappa shape index (κ2) is 9.68. The second-order valence-corrected chi connectivity index (χ2v) is 7.92. The van der Waals surface area contributed by atoms with Crippen molar-refractivity contribution in [1.82, 2.24) is 24.8 Å². The number of amides is 1. The van der Waals surface area contributed by atoms with Crippen LogP contribution in [0.15, 0.2) is 30.7 Å². The molecule has 2 aromatic rings. The van der Waals surface area contributed by atoms with Crippen LogP contribution in [0.4, 0.5) is 5.82 Å². The maximum atomic E-state index is 12.3. The highest BCUT2D eigenvalue weighted by molar-refractivity contribution is 5.94. The zero-order valence-corrected chi connectivity index (χ0v) is 17.2. The lowest BCUT2D eigenvalue weighted by Gasteiger charge is -2.30. The Hall–Kier alpha value is -2.41. The second-order valence-electron chi connectivity index (χ2n) is 7.92. The normalized spacial score (nSPS) is 17.6. The fourth-order valence-electron chi connectivity index (χ4n) is 3.67. The van der Waals surface area contributed by atoms with Crippen molar-refractivity contribution in [2.75, 3.05) is 32.0 Å². The summed E-state index contributed by atoms with van der Waals surface area (Å²) in [6.07, 6.45) is 8.70. The number of aromatic nitrogens is 3. The molecule has 1 aliphatic heterocycles. The lowest BCUT2D eigenvalue weighted by Crippen LogP contribution is -2.39. The summed E-state index contributed by atoms with van der Waals surface area (Å²) in [5.74, 6) is 2.24. The maximum absolute atomic E-state index is 12.3. The van der Waals surface area contributed by atoms with Crippen LogP contribution < -0.4 is 10.6 Å². The van der Waals surface area contributed by atoms with Crippen LogP contribution >= 0.6 is 0 Å². The number of likely N-dealkylation sites (N-methyl/N-ethyl adjacent to an activating group) is 1. The minimum atomic E-state index is -0.0776. The number of nitrogens with one attached hydrogen (secondary N) is 2. The van der Waals surface area contributed by atoms with Crippen molar-refractivity contribution >= 4 is 11.7 Å². The van der Waals surface area contributed by atoms with Crippen molar-refractivity contribution in [3.05, 3.63) is 42.1 Å². The number of piperidine rings is 1. The van der Waals surface area contributed by atoms with Crippen molar-refractivity contribution in [2.45, 2.75) is 51.6 Å². The van der Waals surface area contributed by atoms with Crippen LogP contribution in [0.5, 0.6) is 0 Å². The minimum Gasteiger partial charge on any atom is -0.366 e. The van der Waals surface area contributed by atoms with E-state index in [0.29, 0.717) is 24.1 Å². The largest absolute Gasteiger partial charge is 0.366 e. The number of likely N-dealkylation sites (tertiary alicyclic amines) is 1. The molecule has 3 rings (SSSR count). The minimum absolute atomic E-state index is 0.0776. The Morgan fingerprint density at radius 3 is 2.89 bits per heavy atom. The average Bonchev–Trinajstić information content (AvgIpc) is 3.14. The quantitative estimate of drug-likeness (QED) is 0.685. The highest BCUT2D eigenvalue weighted by Gasteiger charge is 2.17. The van der Waals surface area contributed by atoms with Crippen LogP contribution in [-0.4, -0.2) is 58.1 Å². The third kappa shape index (κ3) is 5.55. The Labute approximate surface area is 167 Å². The average molecular weight is 385 g/mol. The fraction of sp³-hybridized carbons (Fsp3) is 0.571. The maximum Gasteiger partial charge on any atom is 0.252 e. The highest BCUT2D eigenvalue weighted by Crippen LogP contribution is 2.14. The number of aryl methyl sites for hydroxylation is 1. The van der Waals surface area contributed by atoms with E-state index in [1.165, 1.54) is 6.42 Å². The van der Waals surface area contributed by atoms with Crippen LogP contribution in [0.2, 0.25) is 0 Å². The molecule has 2 N–H and O–H groups in total. The molecule has 3 heterocycles. The third-order valence-corrected chi connectivity index (χ3v) is 5.13. The molecule has 0 aliphatic carbocycles. The van der Waals surface area contributed by atoms with Gasteiger partial charge in [-0.15, -0.1) is 0 Å². The van der Waals surface area contributed by atoms with Gasteiger partial charge in [0.15, 0.2) is 0 Å². The van der Waals surface area contributed by atoms with Gasteiger partial charge in [0.05, 0.1) is 5.56 Å². The zero-order valence-electron chi connectivity index (χ0n) is 17.2. The van der Waals surface area contributed by atoms with Gasteiger partial charge in [0.25, 0.3) is 5.91 Å². The van der Waals surface area contributed by atoms with Crippen molar-refractivity contribution in [3.63, 3.8) is 0 Å². The lowest BCUT2D eigenvalue weighted by atomic mass is 10.1. The summed E-state index contributed by atoms with van der Waals surface area (Å²) >= 11 is 0. The number of carbonyl (C=O) groups is 1. The van der Waals surface area contributed by atoms with Gasteiger partial charge in [-0.2, -0.15) is 0 Å². The predicted molar refractivity (Wildman–Crippen MR) is 112 cm³/mol. The van der Waals surface area contributed by atoms with Gasteiger partial charge in [0.2, 0.25) is 0 Å². The number of anilines is 1. The number of rotatable bonds is 8. The van der Waals surface area contributed by atoms with E-state index in [1.807, 2.05) is 24.5 Å². The van der Waals surface area contributed by atoms with Gasteiger partial charge >= 0.3 is 0 Å². The van der Waals surface area contributed by atoms with Gasteiger partial charge < -0.3 is 20.1 Å². The number of pyridine rings is 1. The summed E-state index contributed by atoms with van der Waals surface area (Å²) in [5, 5.41) is 6.44. The Kier molecular flexibility index (Phi) is 7.03. The lowest BCUT2D eigenvalue weighted by molar-refractivity contribution is 0.0952. The molecule has 1 amide bonds. The van der Waals surface area contributed by atoms with Crippen LogP contribution in [0.25, 0.3) is 0 Å². The summed E-state index contributed by atoms with van der Waals surface area (Å²) in [6, 6.07) is 4.15. The molecule has 152 valence electrons. The highest BCUT2D eigenvalue weighted by atomic mass is 16.1. The van der Waals surface area contributed by atoms with Crippen LogP contribution in [0.1, 0.15) is 55.2 Å². The standard InChI is InChI=1S/C21H32N6O/c1-16(2)20-22-10-13-27(20)12-5-9-23-21(28)17-7-8-19(24-14-17)25-18-6-4-11-26(3)15-18/h7-8,10,13-14,16,18H,4-6,9,11-12,15H2,1-3H3,(H,23,28)(H,24,25). The molecule has 28 heavy (non-hydrogen) atoms. The molecule has 0 saturated carbocycles. The molecule has 1 aliphatic rings. The van der Waals surface area contributed by atoms with E-state index in [0.717, 1.165) is 44.1 Å². The predicted octanol–water partition coefficient (Wildman–Crippen LogP) is 2.73. The first-order chi connectivity index (χ1) is 13.5. The smallest absolute Gasteiger partial charge is 0.252 e.